The molecule has 138 valence electrons. The van der Waals surface area contributed by atoms with Gasteiger partial charge in [-0.05, 0) is 30.5 Å². The number of hydrogen-bond acceptors (Lipinski definition) is 4. The molecule has 0 spiro atoms. The quantitative estimate of drug-likeness (QED) is 0.510. The molecule has 0 amide bonds. The van der Waals surface area contributed by atoms with Gasteiger partial charge >= 0.3 is 5.97 Å². The van der Waals surface area contributed by atoms with Crippen LogP contribution in [0.3, 0.4) is 0 Å². The Bertz CT molecular complexity index is 1020. The summed E-state index contributed by atoms with van der Waals surface area (Å²) in [6.07, 6.45) is 3.21. The van der Waals surface area contributed by atoms with Gasteiger partial charge in [0.05, 0.1) is 0 Å². The van der Waals surface area contributed by atoms with Crippen LogP contribution in [0.5, 0.6) is 0 Å². The number of ketones is 1. The summed E-state index contributed by atoms with van der Waals surface area (Å²) < 4.78 is 5.08. The Morgan fingerprint density at radius 3 is 2.52 bits per heavy atom. The van der Waals surface area contributed by atoms with E-state index >= 15 is 0 Å². The van der Waals surface area contributed by atoms with Gasteiger partial charge in [-0.3, -0.25) is 9.59 Å². The van der Waals surface area contributed by atoms with E-state index in [4.69, 9.17) is 4.74 Å². The Labute approximate surface area is 157 Å². The van der Waals surface area contributed by atoms with Crippen LogP contribution in [0.25, 0.3) is 10.9 Å². The average Bonchev–Trinajstić information content (AvgIpc) is 2.70. The van der Waals surface area contributed by atoms with Crippen LogP contribution in [0.4, 0.5) is 0 Å². The van der Waals surface area contributed by atoms with E-state index in [2.05, 4.69) is 11.9 Å². The number of pyridine rings is 1. The number of rotatable bonds is 7. The van der Waals surface area contributed by atoms with E-state index in [1.807, 2.05) is 12.1 Å². The summed E-state index contributed by atoms with van der Waals surface area (Å²) in [5.74, 6) is -1.01. The number of H-pyrrole nitrogens is 1. The highest BCUT2D eigenvalue weighted by Gasteiger charge is 2.14. The smallest absolute Gasteiger partial charge is 0.355 e. The molecule has 0 saturated heterocycles. The maximum atomic E-state index is 12.2. The van der Waals surface area contributed by atoms with Gasteiger partial charge in [-0.2, -0.15) is 0 Å². The molecule has 2 aromatic carbocycles. The Balaban J connectivity index is 1.65. The molecular formula is C22H21NO4. The summed E-state index contributed by atoms with van der Waals surface area (Å²) in [5, 5.41) is 0.494. The Morgan fingerprint density at radius 1 is 1.04 bits per heavy atom. The SMILES string of the molecule is CCCCc1ccc(C(=O)COC(=O)c2cc(=O)c3ccccc3[nH]2)cc1. The third-order valence-electron chi connectivity index (χ3n) is 4.39. The lowest BCUT2D eigenvalue weighted by Crippen LogP contribution is -2.17. The number of ether oxygens (including phenoxy) is 1. The number of aryl methyl sites for hydroxylation is 1. The first kappa shape index (κ1) is 18.6. The monoisotopic (exact) mass is 363 g/mol. The molecule has 0 unspecified atom stereocenters. The summed E-state index contributed by atoms with van der Waals surface area (Å²) >= 11 is 0. The number of esters is 1. The van der Waals surface area contributed by atoms with Crippen molar-refractivity contribution in [1.29, 1.82) is 0 Å². The minimum Gasteiger partial charge on any atom is -0.453 e. The van der Waals surface area contributed by atoms with E-state index in [9.17, 15) is 14.4 Å². The number of aromatic nitrogens is 1. The zero-order valence-corrected chi connectivity index (χ0v) is 15.2. The fourth-order valence-electron chi connectivity index (χ4n) is 2.84. The lowest BCUT2D eigenvalue weighted by Gasteiger charge is -2.06. The highest BCUT2D eigenvalue weighted by molar-refractivity contribution is 5.99. The predicted octanol–water partition coefficient (Wildman–Crippen LogP) is 3.91. The number of Topliss-reactive ketones (excluding diaryl/α,β-unsaturated/α-hetero) is 1. The molecule has 0 aliphatic heterocycles. The predicted molar refractivity (Wildman–Crippen MR) is 104 cm³/mol. The molecule has 1 heterocycles. The molecule has 3 rings (SSSR count). The number of benzene rings is 2. The molecule has 5 heteroatoms. The van der Waals surface area contributed by atoms with E-state index in [1.165, 1.54) is 11.6 Å². The average molecular weight is 363 g/mol. The molecule has 0 aliphatic carbocycles. The second-order valence-corrected chi connectivity index (χ2v) is 6.39. The molecule has 0 fully saturated rings. The van der Waals surface area contributed by atoms with E-state index < -0.39 is 5.97 Å². The first-order valence-corrected chi connectivity index (χ1v) is 9.00. The van der Waals surface area contributed by atoms with Crippen LogP contribution in [0.15, 0.2) is 59.4 Å². The Kier molecular flexibility index (Phi) is 5.81. The number of hydrogen-bond donors (Lipinski definition) is 1. The number of fused-ring (bicyclic) bond motifs is 1. The van der Waals surface area contributed by atoms with Crippen LogP contribution in [0, 0.1) is 0 Å². The van der Waals surface area contributed by atoms with Gasteiger partial charge in [0, 0.05) is 22.5 Å². The van der Waals surface area contributed by atoms with E-state index in [1.54, 1.807) is 36.4 Å². The number of carbonyl (C=O) groups excluding carboxylic acids is 2. The van der Waals surface area contributed by atoms with Gasteiger partial charge in [0.2, 0.25) is 0 Å². The van der Waals surface area contributed by atoms with E-state index in [0.717, 1.165) is 19.3 Å². The van der Waals surface area contributed by atoms with Crippen molar-refractivity contribution in [2.45, 2.75) is 26.2 Å². The molecule has 0 bridgehead atoms. The topological polar surface area (TPSA) is 76.2 Å². The number of para-hydroxylation sites is 1. The number of aromatic amines is 1. The summed E-state index contributed by atoms with van der Waals surface area (Å²) in [7, 11) is 0. The van der Waals surface area contributed by atoms with Gasteiger partial charge in [-0.1, -0.05) is 49.7 Å². The molecule has 0 aliphatic rings. The number of carbonyl (C=O) groups is 2. The van der Waals surface area contributed by atoms with Gasteiger partial charge in [-0.25, -0.2) is 4.79 Å². The van der Waals surface area contributed by atoms with Gasteiger partial charge in [0.25, 0.3) is 0 Å². The lowest BCUT2D eigenvalue weighted by atomic mass is 10.0. The minimum atomic E-state index is -0.731. The minimum absolute atomic E-state index is 0.0291. The molecule has 0 radical (unpaired) electrons. The maximum Gasteiger partial charge on any atom is 0.355 e. The lowest BCUT2D eigenvalue weighted by molar-refractivity contribution is 0.0469. The summed E-state index contributed by atoms with van der Waals surface area (Å²) in [6.45, 7) is 1.76. The Hall–Kier alpha value is -3.21. The molecule has 0 atom stereocenters. The molecule has 1 aromatic heterocycles. The van der Waals surface area contributed by atoms with Crippen molar-refractivity contribution in [2.75, 3.05) is 6.61 Å². The number of unbranched alkanes of at least 4 members (excludes halogenated alkanes) is 1. The molecule has 3 aromatic rings. The maximum absolute atomic E-state index is 12.2. The Morgan fingerprint density at radius 2 is 1.78 bits per heavy atom. The van der Waals surface area contributed by atoms with Crippen molar-refractivity contribution in [3.05, 3.63) is 81.6 Å². The normalized spacial score (nSPS) is 10.7. The molecule has 1 N–H and O–H groups in total. The van der Waals surface area contributed by atoms with Crippen LogP contribution < -0.4 is 5.43 Å². The first-order chi connectivity index (χ1) is 13.1. The van der Waals surface area contributed by atoms with Crippen LogP contribution in [-0.2, 0) is 11.2 Å². The van der Waals surface area contributed by atoms with Gasteiger partial charge in [-0.15, -0.1) is 0 Å². The summed E-state index contributed by atoms with van der Waals surface area (Å²) in [6, 6.07) is 15.4. The largest absolute Gasteiger partial charge is 0.453 e. The summed E-state index contributed by atoms with van der Waals surface area (Å²) in [5.41, 5.74) is 1.98. The second-order valence-electron chi connectivity index (χ2n) is 6.39. The molecule has 27 heavy (non-hydrogen) atoms. The molecular weight excluding hydrogens is 342 g/mol. The van der Waals surface area contributed by atoms with E-state index in [0.29, 0.717) is 16.5 Å². The van der Waals surface area contributed by atoms with Crippen LogP contribution in [-0.4, -0.2) is 23.3 Å². The zero-order valence-electron chi connectivity index (χ0n) is 15.2. The highest BCUT2D eigenvalue weighted by Crippen LogP contribution is 2.10. The van der Waals surface area contributed by atoms with Crippen molar-refractivity contribution in [1.82, 2.24) is 4.98 Å². The molecule has 5 nitrogen and oxygen atoms in total. The summed E-state index contributed by atoms with van der Waals surface area (Å²) in [4.78, 5) is 39.4. The zero-order chi connectivity index (χ0) is 19.2. The third kappa shape index (κ3) is 4.50. The van der Waals surface area contributed by atoms with Crippen LogP contribution >= 0.6 is 0 Å². The van der Waals surface area contributed by atoms with Crippen molar-refractivity contribution >= 4 is 22.7 Å². The van der Waals surface area contributed by atoms with Gasteiger partial charge in [0.1, 0.15) is 5.69 Å². The van der Waals surface area contributed by atoms with Crippen LogP contribution in [0.1, 0.15) is 46.2 Å². The van der Waals surface area contributed by atoms with Gasteiger partial charge in [0.15, 0.2) is 17.8 Å². The fourth-order valence-corrected chi connectivity index (χ4v) is 2.84. The standard InChI is InChI=1S/C22H21NO4/c1-2-3-6-15-9-11-16(12-10-15)21(25)14-27-22(26)19-13-20(24)17-7-4-5-8-18(17)23-19/h4-5,7-13H,2-3,6,14H2,1H3,(H,23,24). The van der Waals surface area contributed by atoms with Crippen molar-refractivity contribution in [3.8, 4) is 0 Å². The van der Waals surface area contributed by atoms with Crippen molar-refractivity contribution in [3.63, 3.8) is 0 Å². The van der Waals surface area contributed by atoms with Crippen molar-refractivity contribution < 1.29 is 14.3 Å². The van der Waals surface area contributed by atoms with Gasteiger partial charge < -0.3 is 9.72 Å². The third-order valence-corrected chi connectivity index (χ3v) is 4.39. The van der Waals surface area contributed by atoms with Crippen molar-refractivity contribution in [2.24, 2.45) is 0 Å². The van der Waals surface area contributed by atoms with E-state index in [-0.39, 0.29) is 23.5 Å². The first-order valence-electron chi connectivity index (χ1n) is 9.00. The van der Waals surface area contributed by atoms with Crippen LogP contribution in [0.2, 0.25) is 0 Å². The highest BCUT2D eigenvalue weighted by atomic mass is 16.5. The fraction of sp³-hybridized carbons (Fsp3) is 0.227. The molecule has 0 saturated carbocycles. The number of nitrogens with one attached hydrogen (secondary N) is 1. The second kappa shape index (κ2) is 8.45.